The Kier molecular flexibility index (Phi) is 6.08. The van der Waals surface area contributed by atoms with Gasteiger partial charge in [0.05, 0.1) is 0 Å². The predicted molar refractivity (Wildman–Crippen MR) is 96.5 cm³/mol. The molecule has 0 saturated heterocycles. The summed E-state index contributed by atoms with van der Waals surface area (Å²) in [6, 6.07) is 13.3. The second kappa shape index (κ2) is 8.26. The fourth-order valence-electron chi connectivity index (χ4n) is 2.68. The second-order valence-electron chi connectivity index (χ2n) is 5.80. The second-order valence-corrected chi connectivity index (χ2v) is 5.80. The third kappa shape index (κ3) is 3.89. The molecule has 0 fully saturated rings. The first-order valence-electron chi connectivity index (χ1n) is 7.99. The molecule has 7 heteroatoms. The molecular weight excluding hydrogens is 334 g/mol. The summed E-state index contributed by atoms with van der Waals surface area (Å²) >= 11 is 0. The molecule has 2 aromatic carbocycles. The third-order valence-electron chi connectivity index (χ3n) is 4.15. The Bertz CT molecular complexity index is 802. The Hall–Kier alpha value is -3.19. The van der Waals surface area contributed by atoms with Crippen LogP contribution in [0.4, 0.5) is 0 Å². The van der Waals surface area contributed by atoms with E-state index in [-0.39, 0.29) is 0 Å². The van der Waals surface area contributed by atoms with Gasteiger partial charge in [-0.1, -0.05) is 36.4 Å². The van der Waals surface area contributed by atoms with Crippen molar-refractivity contribution in [2.45, 2.75) is 13.0 Å². The van der Waals surface area contributed by atoms with Crippen LogP contribution in [0.1, 0.15) is 15.9 Å². The van der Waals surface area contributed by atoms with Gasteiger partial charge in [0.2, 0.25) is 0 Å². The van der Waals surface area contributed by atoms with Gasteiger partial charge in [-0.05, 0) is 35.7 Å². The molecule has 2 aromatic rings. The topological polar surface area (TPSA) is 98.7 Å². The van der Waals surface area contributed by atoms with E-state index in [2.05, 4.69) is 5.32 Å². The normalized spacial score (nSPS) is 11.4. The standard InChI is InChI=1S/C19H21N3O4/c1-12-6-4-5-7-15(12)13-8-10-14(11-9-13)19(25)22(3)16(17(23)20-2)18(24)21-26/h4-11,16,26H,1-3H3,(H,20,23)(H,21,24). The summed E-state index contributed by atoms with van der Waals surface area (Å²) in [5.74, 6) is -2.21. The maximum Gasteiger partial charge on any atom is 0.275 e. The molecule has 26 heavy (non-hydrogen) atoms. The van der Waals surface area contributed by atoms with Crippen LogP contribution in [0.25, 0.3) is 11.1 Å². The molecule has 3 amide bonds. The molecule has 0 spiro atoms. The van der Waals surface area contributed by atoms with Gasteiger partial charge in [0.15, 0.2) is 6.04 Å². The number of hydroxylamine groups is 1. The SMILES string of the molecule is CNC(=O)C(C(=O)NO)N(C)C(=O)c1ccc(-c2ccccc2C)cc1. The van der Waals surface area contributed by atoms with Gasteiger partial charge in [0.1, 0.15) is 0 Å². The van der Waals surface area contributed by atoms with Gasteiger partial charge in [0.25, 0.3) is 17.7 Å². The molecule has 0 heterocycles. The van der Waals surface area contributed by atoms with Gasteiger partial charge in [-0.2, -0.15) is 0 Å². The number of carbonyl (C=O) groups excluding carboxylic acids is 3. The lowest BCUT2D eigenvalue weighted by Crippen LogP contribution is -2.54. The number of rotatable bonds is 5. The molecule has 0 saturated carbocycles. The molecule has 3 N–H and O–H groups in total. The Morgan fingerprint density at radius 2 is 1.62 bits per heavy atom. The molecule has 7 nitrogen and oxygen atoms in total. The number of carbonyl (C=O) groups is 3. The lowest BCUT2D eigenvalue weighted by molar-refractivity contribution is -0.140. The largest absolute Gasteiger partial charge is 0.357 e. The minimum Gasteiger partial charge on any atom is -0.357 e. The van der Waals surface area contributed by atoms with E-state index in [1.54, 1.807) is 12.1 Å². The molecule has 0 aromatic heterocycles. The van der Waals surface area contributed by atoms with Crippen molar-refractivity contribution in [1.29, 1.82) is 0 Å². The smallest absolute Gasteiger partial charge is 0.275 e. The monoisotopic (exact) mass is 355 g/mol. The van der Waals surface area contributed by atoms with Crippen LogP contribution in [-0.4, -0.2) is 48.0 Å². The molecule has 136 valence electrons. The van der Waals surface area contributed by atoms with Crippen molar-refractivity contribution in [3.63, 3.8) is 0 Å². The fourth-order valence-corrected chi connectivity index (χ4v) is 2.68. The highest BCUT2D eigenvalue weighted by atomic mass is 16.5. The van der Waals surface area contributed by atoms with Crippen LogP contribution in [-0.2, 0) is 9.59 Å². The maximum absolute atomic E-state index is 12.6. The molecule has 1 atom stereocenters. The van der Waals surface area contributed by atoms with Gasteiger partial charge >= 0.3 is 0 Å². The Morgan fingerprint density at radius 1 is 1.00 bits per heavy atom. The fraction of sp³-hybridized carbons (Fsp3) is 0.211. The average molecular weight is 355 g/mol. The van der Waals surface area contributed by atoms with Gasteiger partial charge in [-0.25, -0.2) is 5.48 Å². The van der Waals surface area contributed by atoms with Crippen molar-refractivity contribution in [3.8, 4) is 11.1 Å². The maximum atomic E-state index is 12.6. The van der Waals surface area contributed by atoms with Crippen LogP contribution < -0.4 is 10.8 Å². The van der Waals surface area contributed by atoms with E-state index in [0.717, 1.165) is 21.6 Å². The summed E-state index contributed by atoms with van der Waals surface area (Å²) in [5, 5.41) is 11.1. The molecule has 0 radical (unpaired) electrons. The van der Waals surface area contributed by atoms with Gasteiger partial charge < -0.3 is 10.2 Å². The van der Waals surface area contributed by atoms with Crippen LogP contribution in [0.5, 0.6) is 0 Å². The van der Waals surface area contributed by atoms with Crippen molar-refractivity contribution in [1.82, 2.24) is 15.7 Å². The van der Waals surface area contributed by atoms with E-state index in [4.69, 9.17) is 5.21 Å². The molecule has 1 unspecified atom stereocenters. The molecule has 0 aliphatic rings. The predicted octanol–water partition coefficient (Wildman–Crippen LogP) is 1.35. The number of nitrogens with zero attached hydrogens (tertiary/aromatic N) is 1. The molecule has 0 bridgehead atoms. The molecular formula is C19H21N3O4. The van der Waals surface area contributed by atoms with Gasteiger partial charge in [-0.15, -0.1) is 0 Å². The van der Waals surface area contributed by atoms with E-state index >= 15 is 0 Å². The highest BCUT2D eigenvalue weighted by molar-refractivity contribution is 6.08. The first-order valence-corrected chi connectivity index (χ1v) is 7.99. The highest BCUT2D eigenvalue weighted by Crippen LogP contribution is 2.23. The van der Waals surface area contributed by atoms with E-state index in [9.17, 15) is 14.4 Å². The number of amides is 3. The first kappa shape index (κ1) is 19.1. The lowest BCUT2D eigenvalue weighted by atomic mass is 9.99. The molecule has 2 rings (SSSR count). The zero-order valence-electron chi connectivity index (χ0n) is 14.8. The third-order valence-corrected chi connectivity index (χ3v) is 4.15. The lowest BCUT2D eigenvalue weighted by Gasteiger charge is -2.25. The van der Waals surface area contributed by atoms with Crippen LogP contribution in [0.3, 0.4) is 0 Å². The van der Waals surface area contributed by atoms with Crippen LogP contribution in [0.2, 0.25) is 0 Å². The van der Waals surface area contributed by atoms with Crippen LogP contribution >= 0.6 is 0 Å². The number of hydrogen-bond donors (Lipinski definition) is 3. The van der Waals surface area contributed by atoms with Crippen molar-refractivity contribution < 1.29 is 19.6 Å². The summed E-state index contributed by atoms with van der Waals surface area (Å²) < 4.78 is 0. The van der Waals surface area contributed by atoms with Crippen LogP contribution in [0, 0.1) is 6.92 Å². The minimum absolute atomic E-state index is 0.324. The van der Waals surface area contributed by atoms with Gasteiger partial charge in [-0.3, -0.25) is 19.6 Å². The Morgan fingerprint density at radius 3 is 2.15 bits per heavy atom. The summed E-state index contributed by atoms with van der Waals surface area (Å²) in [7, 11) is 2.67. The Balaban J connectivity index is 2.27. The number of likely N-dealkylation sites (N-methyl/N-ethyl adjacent to an activating group) is 2. The number of benzene rings is 2. The number of hydrogen-bond acceptors (Lipinski definition) is 4. The summed E-state index contributed by atoms with van der Waals surface area (Å²) in [6.45, 7) is 2.00. The number of aryl methyl sites for hydroxylation is 1. The van der Waals surface area contributed by atoms with Crippen molar-refractivity contribution in [2.75, 3.05) is 14.1 Å². The summed E-state index contributed by atoms with van der Waals surface area (Å²) in [4.78, 5) is 37.2. The molecule has 0 aliphatic heterocycles. The quantitative estimate of drug-likeness (QED) is 0.428. The zero-order valence-corrected chi connectivity index (χ0v) is 14.8. The summed E-state index contributed by atoms with van der Waals surface area (Å²) in [5.41, 5.74) is 4.86. The van der Waals surface area contributed by atoms with E-state index < -0.39 is 23.8 Å². The zero-order chi connectivity index (χ0) is 19.3. The first-order chi connectivity index (χ1) is 12.4. The van der Waals surface area contributed by atoms with Crippen molar-refractivity contribution in [3.05, 3.63) is 59.7 Å². The van der Waals surface area contributed by atoms with Crippen LogP contribution in [0.15, 0.2) is 48.5 Å². The minimum atomic E-state index is -1.48. The van der Waals surface area contributed by atoms with E-state index in [1.807, 2.05) is 43.3 Å². The average Bonchev–Trinajstić information content (AvgIpc) is 2.67. The van der Waals surface area contributed by atoms with Crippen molar-refractivity contribution >= 4 is 17.7 Å². The molecule has 0 aliphatic carbocycles. The van der Waals surface area contributed by atoms with Crippen molar-refractivity contribution in [2.24, 2.45) is 0 Å². The van der Waals surface area contributed by atoms with E-state index in [1.165, 1.54) is 19.6 Å². The van der Waals surface area contributed by atoms with Gasteiger partial charge in [0, 0.05) is 19.7 Å². The Labute approximate surface area is 151 Å². The number of nitrogens with one attached hydrogen (secondary N) is 2. The van der Waals surface area contributed by atoms with E-state index in [0.29, 0.717) is 5.56 Å². The summed E-state index contributed by atoms with van der Waals surface area (Å²) in [6.07, 6.45) is 0. The highest BCUT2D eigenvalue weighted by Gasteiger charge is 2.33.